The lowest BCUT2D eigenvalue weighted by molar-refractivity contribution is -0.318. The molecule has 0 bridgehead atoms. The number of aliphatic hydroxyl groups is 7. The maximum Gasteiger partial charge on any atom is 0.187 e. The molecule has 4 fully saturated rings. The third-order valence-electron chi connectivity index (χ3n) is 11.5. The molecule has 0 aromatic carbocycles. The average molecular weight is 599 g/mol. The van der Waals surface area contributed by atoms with Crippen LogP contribution in [0.2, 0.25) is 0 Å². The van der Waals surface area contributed by atoms with Gasteiger partial charge in [0.15, 0.2) is 12.6 Å². The first-order chi connectivity index (χ1) is 19.7. The molecule has 11 heteroatoms. The maximum absolute atomic E-state index is 10.7. The fourth-order valence-corrected chi connectivity index (χ4v) is 8.76. The Kier molecular flexibility index (Phi) is 9.08. The summed E-state index contributed by atoms with van der Waals surface area (Å²) in [6, 6.07) is 0. The van der Waals surface area contributed by atoms with Gasteiger partial charge in [-0.05, 0) is 54.8 Å². The fraction of sp³-hybridized carbons (Fsp3) is 0.871. The van der Waals surface area contributed by atoms with Crippen molar-refractivity contribution in [3.05, 3.63) is 24.3 Å². The molecule has 0 aromatic rings. The Bertz CT molecular complexity index is 1020. The molecule has 2 saturated carbocycles. The Morgan fingerprint density at radius 2 is 1.38 bits per heavy atom. The van der Waals surface area contributed by atoms with Gasteiger partial charge in [0.25, 0.3) is 0 Å². The zero-order valence-electron chi connectivity index (χ0n) is 25.1. The third kappa shape index (κ3) is 5.22. The van der Waals surface area contributed by atoms with Crippen molar-refractivity contribution < 1.29 is 54.7 Å². The molecule has 2 aliphatic heterocycles. The standard InChI is InChI=1S/C31H50O11/c1-6-30(4)12-15-7-8-19-29(2,3)20(41-27-25(37)23(35)18(14-33)40-27)9-10-31(19,5)16(15)11-21(30)42-28-26(38)24(36)22(34)17(13-32)39-28/h6,12,16-28,32-38H,1,7-11,13-14H2,2-5H3/t16?,17-,18+,19?,20?,21?,22-,23+,24+,25-,26-,27+,28+,30?,31?/m1/s1. The summed E-state index contributed by atoms with van der Waals surface area (Å²) in [5, 5.41) is 71.1. The quantitative estimate of drug-likeness (QED) is 0.201. The van der Waals surface area contributed by atoms with Crippen LogP contribution >= 0.6 is 0 Å². The lowest BCUT2D eigenvalue weighted by Crippen LogP contribution is -2.61. The molecule has 5 rings (SSSR count). The lowest BCUT2D eigenvalue weighted by atomic mass is 9.44. The third-order valence-corrected chi connectivity index (χ3v) is 11.5. The SMILES string of the molecule is C=CC1(C)C=C2CCC3C(C)(C)C(O[C@@H]4O[C@@H](CO)[C@H](O)[C@H]4O)CCC3(C)C2CC1O[C@@H]1O[C@H](CO)[C@@H](O)[C@H](O)[C@H]1O. The molecule has 15 atom stereocenters. The minimum atomic E-state index is -1.52. The first-order valence-corrected chi connectivity index (χ1v) is 15.3. The summed E-state index contributed by atoms with van der Waals surface area (Å²) in [6.45, 7) is 11.9. The molecule has 2 heterocycles. The molecular formula is C31H50O11. The van der Waals surface area contributed by atoms with E-state index >= 15 is 0 Å². The molecule has 7 N–H and O–H groups in total. The van der Waals surface area contributed by atoms with Crippen LogP contribution in [-0.4, -0.2) is 116 Å². The Morgan fingerprint density at radius 3 is 1.95 bits per heavy atom. The zero-order chi connectivity index (χ0) is 30.8. The second-order valence-corrected chi connectivity index (χ2v) is 14.2. The number of rotatable bonds is 7. The smallest absolute Gasteiger partial charge is 0.187 e. The number of ether oxygens (including phenoxy) is 4. The fourth-order valence-electron chi connectivity index (χ4n) is 8.76. The predicted molar refractivity (Wildman–Crippen MR) is 150 cm³/mol. The second kappa shape index (κ2) is 11.8. The summed E-state index contributed by atoms with van der Waals surface area (Å²) >= 11 is 0. The number of fused-ring (bicyclic) bond motifs is 3. The molecule has 5 aliphatic rings. The monoisotopic (exact) mass is 598 g/mol. The van der Waals surface area contributed by atoms with Crippen molar-refractivity contribution in [3.63, 3.8) is 0 Å². The van der Waals surface area contributed by atoms with E-state index in [1.54, 1.807) is 0 Å². The molecular weight excluding hydrogens is 548 g/mol. The van der Waals surface area contributed by atoms with E-state index in [9.17, 15) is 35.7 Å². The molecule has 2 saturated heterocycles. The molecule has 240 valence electrons. The largest absolute Gasteiger partial charge is 0.394 e. The van der Waals surface area contributed by atoms with Gasteiger partial charge >= 0.3 is 0 Å². The van der Waals surface area contributed by atoms with E-state index in [0.29, 0.717) is 12.8 Å². The van der Waals surface area contributed by atoms with Crippen molar-refractivity contribution in [1.29, 1.82) is 0 Å². The van der Waals surface area contributed by atoms with Gasteiger partial charge < -0.3 is 54.7 Å². The Balaban J connectivity index is 1.36. The van der Waals surface area contributed by atoms with Gasteiger partial charge in [0, 0.05) is 5.41 Å². The number of hydrogen-bond acceptors (Lipinski definition) is 11. The van der Waals surface area contributed by atoms with Crippen LogP contribution in [0.5, 0.6) is 0 Å². The highest BCUT2D eigenvalue weighted by atomic mass is 16.7. The summed E-state index contributed by atoms with van der Waals surface area (Å²) in [4.78, 5) is 0. The van der Waals surface area contributed by atoms with Crippen LogP contribution < -0.4 is 0 Å². The minimum absolute atomic E-state index is 0.116. The first kappa shape index (κ1) is 32.4. The van der Waals surface area contributed by atoms with Crippen LogP contribution in [0.25, 0.3) is 0 Å². The number of hydrogen-bond donors (Lipinski definition) is 7. The van der Waals surface area contributed by atoms with Gasteiger partial charge in [0.2, 0.25) is 0 Å². The van der Waals surface area contributed by atoms with Crippen molar-refractivity contribution in [2.75, 3.05) is 13.2 Å². The molecule has 11 nitrogen and oxygen atoms in total. The predicted octanol–water partition coefficient (Wildman–Crippen LogP) is 0.371. The van der Waals surface area contributed by atoms with Gasteiger partial charge in [-0.1, -0.05) is 45.4 Å². The van der Waals surface area contributed by atoms with E-state index in [0.717, 1.165) is 19.3 Å². The van der Waals surface area contributed by atoms with E-state index in [-0.39, 0.29) is 28.8 Å². The van der Waals surface area contributed by atoms with Gasteiger partial charge in [0.1, 0.15) is 42.7 Å². The summed E-state index contributed by atoms with van der Waals surface area (Å²) in [5.74, 6) is 0.414. The summed E-state index contributed by atoms with van der Waals surface area (Å²) in [7, 11) is 0. The van der Waals surface area contributed by atoms with Crippen LogP contribution in [0.4, 0.5) is 0 Å². The highest BCUT2D eigenvalue weighted by Crippen LogP contribution is 2.64. The first-order valence-electron chi connectivity index (χ1n) is 15.3. The molecule has 0 radical (unpaired) electrons. The van der Waals surface area contributed by atoms with E-state index in [1.165, 1.54) is 5.57 Å². The molecule has 0 aromatic heterocycles. The van der Waals surface area contributed by atoms with Crippen molar-refractivity contribution >= 4 is 0 Å². The lowest BCUT2D eigenvalue weighted by Gasteiger charge is -2.62. The van der Waals surface area contributed by atoms with Crippen LogP contribution in [-0.2, 0) is 18.9 Å². The Hall–Kier alpha value is -0.960. The topological polar surface area (TPSA) is 179 Å². The van der Waals surface area contributed by atoms with Crippen molar-refractivity contribution in [2.24, 2.45) is 28.1 Å². The van der Waals surface area contributed by atoms with Crippen LogP contribution in [0, 0.1) is 28.1 Å². The van der Waals surface area contributed by atoms with E-state index in [2.05, 4.69) is 33.4 Å². The van der Waals surface area contributed by atoms with Crippen LogP contribution in [0.3, 0.4) is 0 Å². The van der Waals surface area contributed by atoms with E-state index in [1.807, 2.05) is 13.0 Å². The van der Waals surface area contributed by atoms with Crippen LogP contribution in [0.1, 0.15) is 59.8 Å². The van der Waals surface area contributed by atoms with E-state index < -0.39 is 80.0 Å². The summed E-state index contributed by atoms with van der Waals surface area (Å²) in [5.41, 5.74) is 0.374. The van der Waals surface area contributed by atoms with Gasteiger partial charge in [-0.15, -0.1) is 6.58 Å². The van der Waals surface area contributed by atoms with Crippen LogP contribution in [0.15, 0.2) is 24.3 Å². The molecule has 3 aliphatic carbocycles. The maximum atomic E-state index is 10.7. The Labute approximate surface area is 247 Å². The average Bonchev–Trinajstić information content (AvgIpc) is 3.23. The minimum Gasteiger partial charge on any atom is -0.394 e. The molecule has 42 heavy (non-hydrogen) atoms. The van der Waals surface area contributed by atoms with Gasteiger partial charge in [-0.3, -0.25) is 0 Å². The van der Waals surface area contributed by atoms with Crippen molar-refractivity contribution in [2.45, 2.75) is 127 Å². The summed E-state index contributed by atoms with van der Waals surface area (Å²) < 4.78 is 24.1. The highest BCUT2D eigenvalue weighted by molar-refractivity contribution is 5.29. The molecule has 6 unspecified atom stereocenters. The number of aliphatic hydroxyl groups excluding tert-OH is 7. The molecule has 0 spiro atoms. The molecule has 0 amide bonds. The normalized spacial score (nSPS) is 52.3. The second-order valence-electron chi connectivity index (χ2n) is 14.2. The summed E-state index contributed by atoms with van der Waals surface area (Å²) in [6.07, 6.45) is -3.64. The van der Waals surface area contributed by atoms with E-state index in [4.69, 9.17) is 18.9 Å². The van der Waals surface area contributed by atoms with Crippen molar-refractivity contribution in [1.82, 2.24) is 0 Å². The van der Waals surface area contributed by atoms with Gasteiger partial charge in [0.05, 0.1) is 25.4 Å². The Morgan fingerprint density at radius 1 is 0.833 bits per heavy atom. The zero-order valence-corrected chi connectivity index (χ0v) is 25.1. The van der Waals surface area contributed by atoms with Gasteiger partial charge in [-0.2, -0.15) is 0 Å². The van der Waals surface area contributed by atoms with Crippen molar-refractivity contribution in [3.8, 4) is 0 Å². The number of allylic oxidation sites excluding steroid dienone is 1. The van der Waals surface area contributed by atoms with Gasteiger partial charge in [-0.25, -0.2) is 0 Å². The highest BCUT2D eigenvalue weighted by Gasteiger charge is 2.60.